The van der Waals surface area contributed by atoms with Crippen molar-refractivity contribution in [2.24, 2.45) is 0 Å². The Bertz CT molecular complexity index is 292. The van der Waals surface area contributed by atoms with Gasteiger partial charge in [0.15, 0.2) is 0 Å². The molecule has 1 aromatic rings. The minimum absolute atomic E-state index is 0.0555. The number of hydrogen-bond donors (Lipinski definition) is 0. The third-order valence-electron chi connectivity index (χ3n) is 2.00. The minimum atomic E-state index is -0.0580. The van der Waals surface area contributed by atoms with Crippen LogP contribution >= 0.6 is 0 Å². The van der Waals surface area contributed by atoms with Crippen LogP contribution in [0.25, 0.3) is 0 Å². The average molecular weight is 176 g/mol. The fraction of sp³-hybridized carbons (Fsp3) is 0.273. The average Bonchev–Trinajstić information content (AvgIpc) is 2.20. The number of benzene rings is 1. The van der Waals surface area contributed by atoms with E-state index in [0.29, 0.717) is 0 Å². The van der Waals surface area contributed by atoms with Crippen molar-refractivity contribution in [3.63, 3.8) is 0 Å². The normalized spacial score (nSPS) is 27.5. The molecule has 0 saturated carbocycles. The highest BCUT2D eigenvalue weighted by molar-refractivity contribution is 5.21. The van der Waals surface area contributed by atoms with Gasteiger partial charge in [0.2, 0.25) is 0 Å². The SMILES string of the molecule is C[C@H]1C=C[C@@H](c2ccccc2)OO1. The Morgan fingerprint density at radius 2 is 1.77 bits per heavy atom. The van der Waals surface area contributed by atoms with Crippen LogP contribution in [-0.2, 0) is 9.78 Å². The van der Waals surface area contributed by atoms with E-state index in [-0.39, 0.29) is 12.2 Å². The van der Waals surface area contributed by atoms with Crippen molar-refractivity contribution in [2.45, 2.75) is 19.1 Å². The highest BCUT2D eigenvalue weighted by Crippen LogP contribution is 2.23. The third kappa shape index (κ3) is 1.97. The summed E-state index contributed by atoms with van der Waals surface area (Å²) in [5.74, 6) is 0. The van der Waals surface area contributed by atoms with Crippen LogP contribution in [0.2, 0.25) is 0 Å². The van der Waals surface area contributed by atoms with Gasteiger partial charge < -0.3 is 0 Å². The molecule has 1 aliphatic heterocycles. The van der Waals surface area contributed by atoms with Gasteiger partial charge in [-0.2, -0.15) is 0 Å². The number of rotatable bonds is 1. The van der Waals surface area contributed by atoms with Crippen LogP contribution < -0.4 is 0 Å². The van der Waals surface area contributed by atoms with Gasteiger partial charge in [0.05, 0.1) is 0 Å². The van der Waals surface area contributed by atoms with Gasteiger partial charge in [0.25, 0.3) is 0 Å². The molecule has 0 amide bonds. The molecule has 0 aliphatic carbocycles. The standard InChI is InChI=1S/C11H12O2/c1-9-7-8-11(13-12-9)10-5-3-2-4-6-10/h2-9,11H,1H3/t9-,11-/m0/s1. The second-order valence-corrected chi connectivity index (χ2v) is 3.11. The van der Waals surface area contributed by atoms with E-state index in [4.69, 9.17) is 9.78 Å². The van der Waals surface area contributed by atoms with Crippen molar-refractivity contribution in [1.29, 1.82) is 0 Å². The van der Waals surface area contributed by atoms with Gasteiger partial charge in [-0.3, -0.25) is 0 Å². The highest BCUT2D eigenvalue weighted by atomic mass is 17.2. The fourth-order valence-electron chi connectivity index (χ4n) is 1.28. The summed E-state index contributed by atoms with van der Waals surface area (Å²) in [4.78, 5) is 10.2. The maximum Gasteiger partial charge on any atom is 0.136 e. The van der Waals surface area contributed by atoms with Gasteiger partial charge in [-0.15, -0.1) is 0 Å². The van der Waals surface area contributed by atoms with E-state index in [9.17, 15) is 0 Å². The number of hydrogen-bond acceptors (Lipinski definition) is 2. The first-order valence-electron chi connectivity index (χ1n) is 4.41. The molecule has 13 heavy (non-hydrogen) atoms. The lowest BCUT2D eigenvalue weighted by atomic mass is 10.1. The zero-order chi connectivity index (χ0) is 9.10. The van der Waals surface area contributed by atoms with Crippen LogP contribution in [0.15, 0.2) is 42.5 Å². The summed E-state index contributed by atoms with van der Waals surface area (Å²) in [5, 5.41) is 0. The molecule has 1 heterocycles. The molecule has 0 radical (unpaired) electrons. The summed E-state index contributed by atoms with van der Waals surface area (Å²) in [6, 6.07) is 10.0. The Balaban J connectivity index is 2.15. The molecule has 0 N–H and O–H groups in total. The van der Waals surface area contributed by atoms with Crippen LogP contribution in [0.4, 0.5) is 0 Å². The zero-order valence-electron chi connectivity index (χ0n) is 7.51. The summed E-state index contributed by atoms with van der Waals surface area (Å²) in [7, 11) is 0. The molecular formula is C11H12O2. The first-order chi connectivity index (χ1) is 6.36. The maximum atomic E-state index is 5.19. The van der Waals surface area contributed by atoms with E-state index in [0.717, 1.165) is 5.56 Å². The predicted octanol–water partition coefficient (Wildman–Crippen LogP) is 2.63. The first-order valence-corrected chi connectivity index (χ1v) is 4.41. The van der Waals surface area contributed by atoms with Gasteiger partial charge >= 0.3 is 0 Å². The van der Waals surface area contributed by atoms with Crippen molar-refractivity contribution in [3.05, 3.63) is 48.0 Å². The van der Waals surface area contributed by atoms with E-state index in [1.807, 2.05) is 49.4 Å². The Hall–Kier alpha value is -1.12. The predicted molar refractivity (Wildman–Crippen MR) is 50.0 cm³/mol. The monoisotopic (exact) mass is 176 g/mol. The summed E-state index contributed by atoms with van der Waals surface area (Å²) < 4.78 is 0. The molecule has 68 valence electrons. The molecule has 0 aromatic heterocycles. The van der Waals surface area contributed by atoms with Crippen LogP contribution in [0, 0.1) is 0 Å². The summed E-state index contributed by atoms with van der Waals surface area (Å²) >= 11 is 0. The summed E-state index contributed by atoms with van der Waals surface area (Å²) in [5.41, 5.74) is 1.12. The molecule has 2 heteroatoms. The second kappa shape index (κ2) is 3.73. The topological polar surface area (TPSA) is 18.5 Å². The Labute approximate surface area is 77.7 Å². The molecule has 1 aliphatic rings. The molecule has 0 spiro atoms. The first kappa shape index (κ1) is 8.48. The molecule has 0 bridgehead atoms. The van der Waals surface area contributed by atoms with Crippen molar-refractivity contribution in [2.75, 3.05) is 0 Å². The van der Waals surface area contributed by atoms with Crippen LogP contribution in [0.1, 0.15) is 18.6 Å². The molecule has 0 unspecified atom stereocenters. The van der Waals surface area contributed by atoms with E-state index in [1.54, 1.807) is 0 Å². The minimum Gasteiger partial charge on any atom is -0.229 e. The Morgan fingerprint density at radius 1 is 1.00 bits per heavy atom. The lowest BCUT2D eigenvalue weighted by Crippen LogP contribution is -2.14. The van der Waals surface area contributed by atoms with Gasteiger partial charge in [-0.1, -0.05) is 36.4 Å². The van der Waals surface area contributed by atoms with Gasteiger partial charge in [0, 0.05) is 0 Å². The van der Waals surface area contributed by atoms with Crippen molar-refractivity contribution >= 4 is 0 Å². The Morgan fingerprint density at radius 3 is 2.38 bits per heavy atom. The fourth-order valence-corrected chi connectivity index (χ4v) is 1.28. The van der Waals surface area contributed by atoms with Crippen LogP contribution in [0.3, 0.4) is 0 Å². The largest absolute Gasteiger partial charge is 0.229 e. The lowest BCUT2D eigenvalue weighted by molar-refractivity contribution is -0.339. The maximum absolute atomic E-state index is 5.19. The van der Waals surface area contributed by atoms with E-state index < -0.39 is 0 Å². The van der Waals surface area contributed by atoms with Crippen molar-refractivity contribution in [1.82, 2.24) is 0 Å². The van der Waals surface area contributed by atoms with Crippen molar-refractivity contribution in [3.8, 4) is 0 Å². The smallest absolute Gasteiger partial charge is 0.136 e. The third-order valence-corrected chi connectivity index (χ3v) is 2.00. The van der Waals surface area contributed by atoms with Gasteiger partial charge in [-0.05, 0) is 18.6 Å². The molecule has 2 rings (SSSR count). The van der Waals surface area contributed by atoms with Crippen molar-refractivity contribution < 1.29 is 9.78 Å². The van der Waals surface area contributed by atoms with Gasteiger partial charge in [0.1, 0.15) is 12.2 Å². The van der Waals surface area contributed by atoms with Crippen LogP contribution in [0.5, 0.6) is 0 Å². The molecule has 2 nitrogen and oxygen atoms in total. The summed E-state index contributed by atoms with van der Waals surface area (Å²) in [6.45, 7) is 1.94. The molecule has 0 saturated heterocycles. The molecule has 2 atom stereocenters. The molecular weight excluding hydrogens is 164 g/mol. The molecule has 1 aromatic carbocycles. The van der Waals surface area contributed by atoms with Crippen LogP contribution in [-0.4, -0.2) is 6.10 Å². The quantitative estimate of drug-likeness (QED) is 0.483. The van der Waals surface area contributed by atoms with E-state index in [2.05, 4.69) is 0 Å². The van der Waals surface area contributed by atoms with E-state index in [1.165, 1.54) is 0 Å². The summed E-state index contributed by atoms with van der Waals surface area (Å²) in [6.07, 6.45) is 4.02. The Kier molecular flexibility index (Phi) is 2.43. The second-order valence-electron chi connectivity index (χ2n) is 3.11. The van der Waals surface area contributed by atoms with Gasteiger partial charge in [-0.25, -0.2) is 9.78 Å². The lowest BCUT2D eigenvalue weighted by Gasteiger charge is -2.20. The highest BCUT2D eigenvalue weighted by Gasteiger charge is 2.15. The molecule has 0 fully saturated rings. The zero-order valence-corrected chi connectivity index (χ0v) is 7.51. The van der Waals surface area contributed by atoms with E-state index >= 15 is 0 Å².